The fourth-order valence-electron chi connectivity index (χ4n) is 2.04. The first-order valence-corrected chi connectivity index (χ1v) is 6.51. The SMILES string of the molecule is CCCC(NC(=O)N1CCCN(C)CC1)C(=O)O. The minimum Gasteiger partial charge on any atom is -0.480 e. The highest BCUT2D eigenvalue weighted by Gasteiger charge is 2.23. The van der Waals surface area contributed by atoms with Gasteiger partial charge in [-0.25, -0.2) is 9.59 Å². The summed E-state index contributed by atoms with van der Waals surface area (Å²) in [6.07, 6.45) is 2.13. The monoisotopic (exact) mass is 257 g/mol. The second-order valence-corrected chi connectivity index (χ2v) is 4.77. The standard InChI is InChI=1S/C12H23N3O3/c1-3-5-10(11(16)17)13-12(18)15-7-4-6-14(2)8-9-15/h10H,3-9H2,1-2H3,(H,13,18)(H,16,17). The first-order valence-electron chi connectivity index (χ1n) is 6.51. The minimum absolute atomic E-state index is 0.258. The summed E-state index contributed by atoms with van der Waals surface area (Å²) >= 11 is 0. The van der Waals surface area contributed by atoms with Gasteiger partial charge in [0.05, 0.1) is 0 Å². The quantitative estimate of drug-likeness (QED) is 0.773. The second-order valence-electron chi connectivity index (χ2n) is 4.77. The van der Waals surface area contributed by atoms with Gasteiger partial charge in [0.25, 0.3) is 0 Å². The Labute approximate surface area is 108 Å². The van der Waals surface area contributed by atoms with E-state index in [1.165, 1.54) is 0 Å². The van der Waals surface area contributed by atoms with Crippen LogP contribution in [0.3, 0.4) is 0 Å². The van der Waals surface area contributed by atoms with Gasteiger partial charge in [-0.05, 0) is 26.4 Å². The number of rotatable bonds is 4. The highest BCUT2D eigenvalue weighted by molar-refractivity contribution is 5.82. The molecular formula is C12H23N3O3. The Balaban J connectivity index is 2.49. The molecule has 1 fully saturated rings. The van der Waals surface area contributed by atoms with E-state index in [0.29, 0.717) is 19.5 Å². The number of likely N-dealkylation sites (N-methyl/N-ethyl adjacent to an activating group) is 1. The van der Waals surface area contributed by atoms with Crippen molar-refractivity contribution in [3.05, 3.63) is 0 Å². The van der Waals surface area contributed by atoms with E-state index in [2.05, 4.69) is 10.2 Å². The molecule has 0 radical (unpaired) electrons. The van der Waals surface area contributed by atoms with Crippen LogP contribution in [0.25, 0.3) is 0 Å². The van der Waals surface area contributed by atoms with Crippen LogP contribution in [-0.2, 0) is 4.79 Å². The molecule has 0 aromatic heterocycles. The average Bonchev–Trinajstić information content (AvgIpc) is 2.53. The van der Waals surface area contributed by atoms with Gasteiger partial charge >= 0.3 is 12.0 Å². The zero-order valence-electron chi connectivity index (χ0n) is 11.2. The lowest BCUT2D eigenvalue weighted by atomic mass is 10.2. The van der Waals surface area contributed by atoms with Crippen LogP contribution in [0.1, 0.15) is 26.2 Å². The number of carbonyl (C=O) groups excluding carboxylic acids is 1. The molecule has 0 bridgehead atoms. The van der Waals surface area contributed by atoms with E-state index in [1.54, 1.807) is 4.90 Å². The summed E-state index contributed by atoms with van der Waals surface area (Å²) in [5, 5.41) is 11.6. The summed E-state index contributed by atoms with van der Waals surface area (Å²) < 4.78 is 0. The van der Waals surface area contributed by atoms with Crippen LogP contribution >= 0.6 is 0 Å². The van der Waals surface area contributed by atoms with Gasteiger partial charge in [-0.15, -0.1) is 0 Å². The maximum Gasteiger partial charge on any atom is 0.326 e. The topological polar surface area (TPSA) is 72.9 Å². The van der Waals surface area contributed by atoms with Crippen molar-refractivity contribution >= 4 is 12.0 Å². The molecule has 1 unspecified atom stereocenters. The number of amides is 2. The van der Waals surface area contributed by atoms with E-state index >= 15 is 0 Å². The van der Waals surface area contributed by atoms with Crippen LogP contribution in [0.2, 0.25) is 0 Å². The number of aliphatic carboxylic acids is 1. The van der Waals surface area contributed by atoms with Crippen molar-refractivity contribution in [2.45, 2.75) is 32.2 Å². The van der Waals surface area contributed by atoms with Crippen LogP contribution < -0.4 is 5.32 Å². The summed E-state index contributed by atoms with van der Waals surface area (Å²) in [7, 11) is 2.03. The Bertz CT molecular complexity index is 296. The van der Waals surface area contributed by atoms with Crippen molar-refractivity contribution in [3.63, 3.8) is 0 Å². The molecule has 0 aromatic rings. The summed E-state index contributed by atoms with van der Waals surface area (Å²) in [5.74, 6) is -0.961. The lowest BCUT2D eigenvalue weighted by molar-refractivity contribution is -0.139. The predicted octanol–water partition coefficient (Wildman–Crippen LogP) is 0.587. The average molecular weight is 257 g/mol. The minimum atomic E-state index is -0.961. The Kier molecular flexibility index (Phi) is 5.91. The molecule has 1 atom stereocenters. The van der Waals surface area contributed by atoms with Crippen LogP contribution in [0, 0.1) is 0 Å². The van der Waals surface area contributed by atoms with Gasteiger partial charge in [0.2, 0.25) is 0 Å². The van der Waals surface area contributed by atoms with Crippen molar-refractivity contribution in [2.24, 2.45) is 0 Å². The molecule has 1 heterocycles. The third-order valence-electron chi connectivity index (χ3n) is 3.18. The van der Waals surface area contributed by atoms with Gasteiger partial charge in [0.15, 0.2) is 0 Å². The molecule has 2 amide bonds. The highest BCUT2D eigenvalue weighted by atomic mass is 16.4. The van der Waals surface area contributed by atoms with Crippen LogP contribution in [-0.4, -0.2) is 66.2 Å². The van der Waals surface area contributed by atoms with Gasteiger partial charge in [-0.2, -0.15) is 0 Å². The van der Waals surface area contributed by atoms with E-state index < -0.39 is 12.0 Å². The molecule has 1 aliphatic heterocycles. The predicted molar refractivity (Wildman–Crippen MR) is 68.6 cm³/mol. The smallest absolute Gasteiger partial charge is 0.326 e. The molecule has 0 saturated carbocycles. The largest absolute Gasteiger partial charge is 0.480 e. The molecule has 1 rings (SSSR count). The van der Waals surface area contributed by atoms with E-state index in [4.69, 9.17) is 5.11 Å². The van der Waals surface area contributed by atoms with Crippen molar-refractivity contribution < 1.29 is 14.7 Å². The molecule has 1 aliphatic rings. The third-order valence-corrected chi connectivity index (χ3v) is 3.18. The molecule has 2 N–H and O–H groups in total. The van der Waals surface area contributed by atoms with Gasteiger partial charge in [0, 0.05) is 19.6 Å². The van der Waals surface area contributed by atoms with Crippen molar-refractivity contribution in [3.8, 4) is 0 Å². The molecule has 6 nitrogen and oxygen atoms in total. The van der Waals surface area contributed by atoms with Gasteiger partial charge in [0.1, 0.15) is 6.04 Å². The Morgan fingerprint density at radius 2 is 2.00 bits per heavy atom. The molecule has 1 saturated heterocycles. The van der Waals surface area contributed by atoms with Crippen LogP contribution in [0.4, 0.5) is 4.79 Å². The molecular weight excluding hydrogens is 234 g/mol. The van der Waals surface area contributed by atoms with E-state index in [1.807, 2.05) is 14.0 Å². The molecule has 104 valence electrons. The lowest BCUT2D eigenvalue weighted by Gasteiger charge is -2.23. The normalized spacial score (nSPS) is 19.1. The van der Waals surface area contributed by atoms with Gasteiger partial charge in [-0.3, -0.25) is 0 Å². The van der Waals surface area contributed by atoms with E-state index in [-0.39, 0.29) is 6.03 Å². The summed E-state index contributed by atoms with van der Waals surface area (Å²) in [6, 6.07) is -1.03. The third kappa shape index (κ3) is 4.52. The molecule has 6 heteroatoms. The van der Waals surface area contributed by atoms with Crippen molar-refractivity contribution in [2.75, 3.05) is 33.2 Å². The number of carbonyl (C=O) groups is 2. The van der Waals surface area contributed by atoms with E-state index in [0.717, 1.165) is 25.9 Å². The fraction of sp³-hybridized carbons (Fsp3) is 0.833. The zero-order valence-corrected chi connectivity index (χ0v) is 11.2. The van der Waals surface area contributed by atoms with Crippen LogP contribution in [0.5, 0.6) is 0 Å². The number of nitrogens with one attached hydrogen (secondary N) is 1. The maximum atomic E-state index is 12.0. The summed E-state index contributed by atoms with van der Waals surface area (Å²) in [5.41, 5.74) is 0. The van der Waals surface area contributed by atoms with Gasteiger partial charge in [-0.1, -0.05) is 13.3 Å². The second kappa shape index (κ2) is 7.20. The highest BCUT2D eigenvalue weighted by Crippen LogP contribution is 2.03. The lowest BCUT2D eigenvalue weighted by Crippen LogP contribution is -2.48. The maximum absolute atomic E-state index is 12.0. The fourth-order valence-corrected chi connectivity index (χ4v) is 2.04. The number of carboxylic acids is 1. The number of hydrogen-bond donors (Lipinski definition) is 2. The number of urea groups is 1. The first-order chi connectivity index (χ1) is 8.54. The summed E-state index contributed by atoms with van der Waals surface area (Å²) in [4.78, 5) is 26.8. The molecule has 0 spiro atoms. The van der Waals surface area contributed by atoms with Crippen molar-refractivity contribution in [1.29, 1.82) is 0 Å². The number of nitrogens with zero attached hydrogens (tertiary/aromatic N) is 2. The first kappa shape index (κ1) is 14.8. The summed E-state index contributed by atoms with van der Waals surface area (Å²) in [6.45, 7) is 5.05. The van der Waals surface area contributed by atoms with Crippen molar-refractivity contribution in [1.82, 2.24) is 15.1 Å². The molecule has 0 aromatic carbocycles. The Morgan fingerprint density at radius 1 is 1.28 bits per heavy atom. The Morgan fingerprint density at radius 3 is 2.61 bits per heavy atom. The Hall–Kier alpha value is -1.30. The van der Waals surface area contributed by atoms with Gasteiger partial charge < -0.3 is 20.2 Å². The zero-order chi connectivity index (χ0) is 13.5. The van der Waals surface area contributed by atoms with Crippen LogP contribution in [0.15, 0.2) is 0 Å². The number of hydrogen-bond acceptors (Lipinski definition) is 3. The molecule has 18 heavy (non-hydrogen) atoms. The van der Waals surface area contributed by atoms with E-state index in [9.17, 15) is 9.59 Å². The number of carboxylic acid groups (broad SMARTS) is 1. The molecule has 0 aliphatic carbocycles.